The second kappa shape index (κ2) is 4.53. The average Bonchev–Trinajstić information content (AvgIpc) is 2.31. The minimum Gasteiger partial charge on any atom is -0.480 e. The maximum Gasteiger partial charge on any atom is 0.237 e. The number of rotatable bonds is 2. The summed E-state index contributed by atoms with van der Waals surface area (Å²) in [5.41, 5.74) is 8.10. The molecule has 0 radical (unpaired) electrons. The van der Waals surface area contributed by atoms with Crippen LogP contribution in [0.3, 0.4) is 0 Å². The lowest BCUT2D eigenvalue weighted by atomic mass is 10.1. The molecule has 16 heavy (non-hydrogen) atoms. The van der Waals surface area contributed by atoms with E-state index in [0.717, 1.165) is 15.7 Å². The third-order valence-electron chi connectivity index (χ3n) is 2.23. The van der Waals surface area contributed by atoms with Crippen LogP contribution in [0.4, 0.5) is 5.69 Å². The van der Waals surface area contributed by atoms with E-state index < -0.39 is 0 Å². The summed E-state index contributed by atoms with van der Waals surface area (Å²) >= 11 is 3.49. The van der Waals surface area contributed by atoms with E-state index in [1.165, 1.54) is 0 Å². The molecule has 0 atom stereocenters. The predicted molar refractivity (Wildman–Crippen MR) is 68.3 cm³/mol. The molecule has 2 aromatic rings. The van der Waals surface area contributed by atoms with Gasteiger partial charge in [-0.1, -0.05) is 34.1 Å². The molecule has 2 rings (SSSR count). The lowest BCUT2D eigenvalue weighted by Crippen LogP contribution is -1.96. The monoisotopic (exact) mass is 278 g/mol. The Morgan fingerprint density at radius 1 is 1.19 bits per heavy atom. The quantitative estimate of drug-likeness (QED) is 0.918. The van der Waals surface area contributed by atoms with E-state index in [-0.39, 0.29) is 0 Å². The van der Waals surface area contributed by atoms with Gasteiger partial charge in [0, 0.05) is 10.0 Å². The molecule has 4 heteroatoms. The number of methoxy groups -OCH3 is 1. The van der Waals surface area contributed by atoms with Gasteiger partial charge < -0.3 is 10.5 Å². The fourth-order valence-electron chi connectivity index (χ4n) is 1.43. The van der Waals surface area contributed by atoms with Crippen molar-refractivity contribution in [2.75, 3.05) is 12.8 Å². The van der Waals surface area contributed by atoms with E-state index in [4.69, 9.17) is 10.5 Å². The molecular weight excluding hydrogens is 268 g/mol. The van der Waals surface area contributed by atoms with Crippen LogP contribution >= 0.6 is 15.9 Å². The molecule has 1 aromatic carbocycles. The first-order valence-electron chi connectivity index (χ1n) is 4.78. The zero-order chi connectivity index (χ0) is 11.5. The number of pyridine rings is 1. The summed E-state index contributed by atoms with van der Waals surface area (Å²) in [5, 5.41) is 0. The molecule has 1 heterocycles. The number of halogens is 1. The molecule has 0 aliphatic heterocycles. The zero-order valence-electron chi connectivity index (χ0n) is 8.77. The van der Waals surface area contributed by atoms with Crippen molar-refractivity contribution >= 4 is 21.6 Å². The van der Waals surface area contributed by atoms with E-state index in [2.05, 4.69) is 20.9 Å². The van der Waals surface area contributed by atoms with Gasteiger partial charge in [-0.15, -0.1) is 0 Å². The largest absolute Gasteiger partial charge is 0.480 e. The van der Waals surface area contributed by atoms with E-state index in [0.29, 0.717) is 11.6 Å². The molecule has 1 aromatic heterocycles. The average molecular weight is 279 g/mol. The van der Waals surface area contributed by atoms with Crippen LogP contribution in [-0.4, -0.2) is 12.1 Å². The summed E-state index contributed by atoms with van der Waals surface area (Å²) in [6.07, 6.45) is 0. The Balaban J connectivity index is 2.53. The minimum absolute atomic E-state index is 0.452. The topological polar surface area (TPSA) is 48.1 Å². The van der Waals surface area contributed by atoms with Crippen molar-refractivity contribution in [3.63, 3.8) is 0 Å². The van der Waals surface area contributed by atoms with Crippen LogP contribution in [0.25, 0.3) is 11.3 Å². The van der Waals surface area contributed by atoms with Gasteiger partial charge in [0.2, 0.25) is 5.88 Å². The summed E-state index contributed by atoms with van der Waals surface area (Å²) in [7, 11) is 1.56. The Hall–Kier alpha value is -1.55. The smallest absolute Gasteiger partial charge is 0.237 e. The van der Waals surface area contributed by atoms with Gasteiger partial charge in [0.15, 0.2) is 0 Å². The van der Waals surface area contributed by atoms with Crippen LogP contribution < -0.4 is 10.5 Å². The van der Waals surface area contributed by atoms with Crippen molar-refractivity contribution in [1.82, 2.24) is 4.98 Å². The van der Waals surface area contributed by atoms with Crippen LogP contribution in [0.5, 0.6) is 5.88 Å². The van der Waals surface area contributed by atoms with Gasteiger partial charge in [-0.3, -0.25) is 0 Å². The van der Waals surface area contributed by atoms with E-state index in [1.54, 1.807) is 13.2 Å². The number of benzene rings is 1. The lowest BCUT2D eigenvalue weighted by molar-refractivity contribution is 0.401. The number of aromatic nitrogens is 1. The van der Waals surface area contributed by atoms with Crippen LogP contribution in [0.1, 0.15) is 0 Å². The molecular formula is C12H11BrN2O. The van der Waals surface area contributed by atoms with Crippen LogP contribution in [-0.2, 0) is 0 Å². The Kier molecular flexibility index (Phi) is 3.10. The van der Waals surface area contributed by atoms with Gasteiger partial charge in [0.05, 0.1) is 18.5 Å². The number of hydrogen-bond acceptors (Lipinski definition) is 3. The summed E-state index contributed by atoms with van der Waals surface area (Å²) in [5.74, 6) is 0.452. The van der Waals surface area contributed by atoms with Crippen molar-refractivity contribution < 1.29 is 4.74 Å². The number of nitrogens with zero attached hydrogens (tertiary/aromatic N) is 1. The van der Waals surface area contributed by atoms with E-state index >= 15 is 0 Å². The van der Waals surface area contributed by atoms with Crippen LogP contribution in [0.2, 0.25) is 0 Å². The summed E-state index contributed by atoms with van der Waals surface area (Å²) < 4.78 is 6.09. The fourth-order valence-corrected chi connectivity index (χ4v) is 1.92. The molecule has 0 fully saturated rings. The van der Waals surface area contributed by atoms with Gasteiger partial charge in [0.25, 0.3) is 0 Å². The maximum absolute atomic E-state index is 5.72. The Morgan fingerprint density at radius 2 is 1.94 bits per heavy atom. The third kappa shape index (κ3) is 2.02. The SMILES string of the molecule is COc1nc(-c2ccccc2Br)ccc1N. The van der Waals surface area contributed by atoms with Gasteiger partial charge in [-0.2, -0.15) is 0 Å². The van der Waals surface area contributed by atoms with Crippen molar-refractivity contribution in [3.8, 4) is 17.1 Å². The standard InChI is InChI=1S/C12H11BrN2O/c1-16-12-10(14)6-7-11(15-12)8-4-2-3-5-9(8)13/h2-7H,14H2,1H3. The molecule has 0 bridgehead atoms. The van der Waals surface area contributed by atoms with Gasteiger partial charge in [-0.05, 0) is 18.2 Å². The molecule has 0 unspecified atom stereocenters. The first kappa shape index (κ1) is 11.0. The Bertz CT molecular complexity index is 514. The molecule has 0 saturated carbocycles. The number of ether oxygens (including phenoxy) is 1. The van der Waals surface area contributed by atoms with Crippen molar-refractivity contribution in [3.05, 3.63) is 40.9 Å². The highest BCUT2D eigenvalue weighted by Crippen LogP contribution is 2.29. The predicted octanol–water partition coefficient (Wildman–Crippen LogP) is 3.10. The minimum atomic E-state index is 0.452. The highest BCUT2D eigenvalue weighted by molar-refractivity contribution is 9.10. The highest BCUT2D eigenvalue weighted by atomic mass is 79.9. The molecule has 0 spiro atoms. The Labute approximate surface area is 102 Å². The van der Waals surface area contributed by atoms with E-state index in [1.807, 2.05) is 30.3 Å². The third-order valence-corrected chi connectivity index (χ3v) is 2.92. The summed E-state index contributed by atoms with van der Waals surface area (Å²) in [6, 6.07) is 11.5. The molecule has 0 aliphatic carbocycles. The number of nitrogens with two attached hydrogens (primary N) is 1. The molecule has 0 saturated heterocycles. The molecule has 0 amide bonds. The first-order chi connectivity index (χ1) is 7.72. The van der Waals surface area contributed by atoms with Crippen molar-refractivity contribution in [2.45, 2.75) is 0 Å². The van der Waals surface area contributed by atoms with Crippen molar-refractivity contribution in [1.29, 1.82) is 0 Å². The lowest BCUT2D eigenvalue weighted by Gasteiger charge is -2.07. The fraction of sp³-hybridized carbons (Fsp3) is 0.0833. The summed E-state index contributed by atoms with van der Waals surface area (Å²) in [4.78, 5) is 4.34. The first-order valence-corrected chi connectivity index (χ1v) is 5.57. The van der Waals surface area contributed by atoms with Gasteiger partial charge in [-0.25, -0.2) is 4.98 Å². The van der Waals surface area contributed by atoms with Crippen LogP contribution in [0, 0.1) is 0 Å². The molecule has 3 nitrogen and oxygen atoms in total. The Morgan fingerprint density at radius 3 is 2.62 bits per heavy atom. The highest BCUT2D eigenvalue weighted by Gasteiger charge is 2.07. The van der Waals surface area contributed by atoms with Gasteiger partial charge >= 0.3 is 0 Å². The second-order valence-corrected chi connectivity index (χ2v) is 4.13. The van der Waals surface area contributed by atoms with Crippen LogP contribution in [0.15, 0.2) is 40.9 Å². The molecule has 82 valence electrons. The van der Waals surface area contributed by atoms with Crippen molar-refractivity contribution in [2.24, 2.45) is 0 Å². The van der Waals surface area contributed by atoms with Gasteiger partial charge in [0.1, 0.15) is 0 Å². The molecule has 0 aliphatic rings. The zero-order valence-corrected chi connectivity index (χ0v) is 10.4. The second-order valence-electron chi connectivity index (χ2n) is 3.27. The molecule has 2 N–H and O–H groups in total. The number of anilines is 1. The number of hydrogen-bond donors (Lipinski definition) is 1. The van der Waals surface area contributed by atoms with E-state index in [9.17, 15) is 0 Å². The summed E-state index contributed by atoms with van der Waals surface area (Å²) in [6.45, 7) is 0. The normalized spacial score (nSPS) is 10.1. The maximum atomic E-state index is 5.72. The number of nitrogen functional groups attached to an aromatic ring is 1.